The summed E-state index contributed by atoms with van der Waals surface area (Å²) in [6.45, 7) is 0. The van der Waals surface area contributed by atoms with Crippen molar-refractivity contribution in [1.29, 1.82) is 0 Å². The van der Waals surface area contributed by atoms with Gasteiger partial charge in [-0.05, 0) is 81.6 Å². The maximum Gasteiger partial charge on any atom is 0.235 e. The smallest absolute Gasteiger partial charge is 0.235 e. The van der Waals surface area contributed by atoms with E-state index in [2.05, 4.69) is 215 Å². The van der Waals surface area contributed by atoms with Crippen LogP contribution in [0.1, 0.15) is 0 Å². The third-order valence-corrected chi connectivity index (χ3v) is 11.7. The quantitative estimate of drug-likeness (QED) is 0.176. The minimum Gasteiger partial charge on any atom is -0.309 e. The van der Waals surface area contributed by atoms with Gasteiger partial charge in [0, 0.05) is 38.2 Å². The van der Waals surface area contributed by atoms with Gasteiger partial charge in [0.15, 0.2) is 0 Å². The van der Waals surface area contributed by atoms with Crippen molar-refractivity contribution in [2.24, 2.45) is 0 Å². The first-order valence-electron chi connectivity index (χ1n) is 19.8. The lowest BCUT2D eigenvalue weighted by Crippen LogP contribution is -2.03. The van der Waals surface area contributed by atoms with E-state index in [1.54, 1.807) is 0 Å². The van der Waals surface area contributed by atoms with Crippen LogP contribution >= 0.6 is 0 Å². The fourth-order valence-corrected chi connectivity index (χ4v) is 9.12. The van der Waals surface area contributed by atoms with Crippen molar-refractivity contribution in [3.05, 3.63) is 206 Å². The standard InChI is InChI=1S/C54H34N4/c1-3-15-35(16-4-1)39-30-31-45(41-20-8-7-19-40(39)41)53-46-23-9-12-24-48(46)55-54(56-53)58-50-26-14-11-22-43(50)47-33-36(28-32-51(47)58)37-27-29-44-42-21-10-13-25-49(42)57(52(44)34-37)38-17-5-2-6-18-38/h1-34H. The van der Waals surface area contributed by atoms with Crippen molar-refractivity contribution in [2.75, 3.05) is 0 Å². The number of para-hydroxylation sites is 4. The highest BCUT2D eigenvalue weighted by Gasteiger charge is 2.20. The predicted molar refractivity (Wildman–Crippen MR) is 242 cm³/mol. The molecule has 9 aromatic carbocycles. The van der Waals surface area contributed by atoms with Crippen LogP contribution in [-0.4, -0.2) is 19.1 Å². The monoisotopic (exact) mass is 738 g/mol. The first kappa shape index (κ1) is 32.4. The number of hydrogen-bond donors (Lipinski definition) is 0. The van der Waals surface area contributed by atoms with E-state index in [0.29, 0.717) is 5.95 Å². The Hall–Kier alpha value is -7.82. The average Bonchev–Trinajstić information content (AvgIpc) is 3.81. The lowest BCUT2D eigenvalue weighted by molar-refractivity contribution is 1.01. The van der Waals surface area contributed by atoms with Gasteiger partial charge in [0.1, 0.15) is 0 Å². The second-order valence-electron chi connectivity index (χ2n) is 15.0. The van der Waals surface area contributed by atoms with E-state index in [4.69, 9.17) is 9.97 Å². The Morgan fingerprint density at radius 3 is 1.60 bits per heavy atom. The molecule has 3 aromatic heterocycles. The van der Waals surface area contributed by atoms with Crippen molar-refractivity contribution in [2.45, 2.75) is 0 Å². The highest BCUT2D eigenvalue weighted by molar-refractivity contribution is 6.13. The van der Waals surface area contributed by atoms with Gasteiger partial charge >= 0.3 is 0 Å². The zero-order valence-electron chi connectivity index (χ0n) is 31.4. The normalized spacial score (nSPS) is 11.8. The molecule has 58 heavy (non-hydrogen) atoms. The second-order valence-corrected chi connectivity index (χ2v) is 15.0. The second kappa shape index (κ2) is 12.9. The van der Waals surface area contributed by atoms with E-state index in [9.17, 15) is 0 Å². The molecule has 0 unspecified atom stereocenters. The maximum atomic E-state index is 5.49. The Balaban J connectivity index is 1.06. The summed E-state index contributed by atoms with van der Waals surface area (Å²) in [5.74, 6) is 0.651. The molecule has 0 radical (unpaired) electrons. The van der Waals surface area contributed by atoms with Gasteiger partial charge in [0.25, 0.3) is 0 Å². The molecule has 12 rings (SSSR count). The van der Waals surface area contributed by atoms with Crippen LogP contribution < -0.4 is 0 Å². The number of benzene rings is 9. The summed E-state index contributed by atoms with van der Waals surface area (Å²) in [7, 11) is 0. The first-order chi connectivity index (χ1) is 28.8. The minimum atomic E-state index is 0.651. The van der Waals surface area contributed by atoms with E-state index < -0.39 is 0 Å². The molecule has 0 aliphatic carbocycles. The van der Waals surface area contributed by atoms with Crippen molar-refractivity contribution >= 4 is 65.3 Å². The third-order valence-electron chi connectivity index (χ3n) is 11.7. The van der Waals surface area contributed by atoms with Gasteiger partial charge in [-0.15, -0.1) is 0 Å². The lowest BCUT2D eigenvalue weighted by Gasteiger charge is -2.15. The summed E-state index contributed by atoms with van der Waals surface area (Å²) in [5, 5.41) is 8.20. The average molecular weight is 739 g/mol. The Morgan fingerprint density at radius 1 is 0.293 bits per heavy atom. The number of hydrogen-bond acceptors (Lipinski definition) is 2. The molecule has 0 spiro atoms. The van der Waals surface area contributed by atoms with Crippen LogP contribution in [0, 0.1) is 0 Å². The molecular formula is C54H34N4. The van der Waals surface area contributed by atoms with E-state index in [0.717, 1.165) is 60.6 Å². The van der Waals surface area contributed by atoms with Gasteiger partial charge in [0.2, 0.25) is 5.95 Å². The molecule has 0 aliphatic rings. The molecule has 4 nitrogen and oxygen atoms in total. The maximum absolute atomic E-state index is 5.49. The molecule has 12 aromatic rings. The molecule has 0 amide bonds. The number of nitrogens with zero attached hydrogens (tertiary/aromatic N) is 4. The van der Waals surface area contributed by atoms with Gasteiger partial charge in [-0.1, -0.05) is 158 Å². The van der Waals surface area contributed by atoms with Crippen LogP contribution in [0.3, 0.4) is 0 Å². The van der Waals surface area contributed by atoms with E-state index in [-0.39, 0.29) is 0 Å². The predicted octanol–water partition coefficient (Wildman–Crippen LogP) is 14.0. The fraction of sp³-hybridized carbons (Fsp3) is 0. The molecular weight excluding hydrogens is 705 g/mol. The summed E-state index contributed by atoms with van der Waals surface area (Å²) < 4.78 is 4.62. The van der Waals surface area contributed by atoms with Crippen LogP contribution in [-0.2, 0) is 0 Å². The van der Waals surface area contributed by atoms with Crippen molar-refractivity contribution in [3.63, 3.8) is 0 Å². The van der Waals surface area contributed by atoms with Crippen molar-refractivity contribution < 1.29 is 0 Å². The topological polar surface area (TPSA) is 35.6 Å². The van der Waals surface area contributed by atoms with Crippen LogP contribution in [0.5, 0.6) is 0 Å². The van der Waals surface area contributed by atoms with Crippen LogP contribution in [0.4, 0.5) is 0 Å². The van der Waals surface area contributed by atoms with Crippen LogP contribution in [0.2, 0.25) is 0 Å². The molecule has 0 saturated carbocycles. The van der Waals surface area contributed by atoms with Gasteiger partial charge in [-0.25, -0.2) is 9.97 Å². The summed E-state index contributed by atoms with van der Waals surface area (Å²) in [6.07, 6.45) is 0. The molecule has 0 bridgehead atoms. The largest absolute Gasteiger partial charge is 0.309 e. The van der Waals surface area contributed by atoms with Gasteiger partial charge in [-0.2, -0.15) is 0 Å². The van der Waals surface area contributed by atoms with E-state index in [1.807, 2.05) is 0 Å². The zero-order chi connectivity index (χ0) is 38.2. The van der Waals surface area contributed by atoms with E-state index in [1.165, 1.54) is 43.9 Å². The summed E-state index contributed by atoms with van der Waals surface area (Å²) in [5.41, 5.74) is 13.3. The van der Waals surface area contributed by atoms with Crippen molar-refractivity contribution in [3.8, 4) is 45.1 Å². The van der Waals surface area contributed by atoms with Gasteiger partial charge < -0.3 is 4.57 Å². The SMILES string of the molecule is c1ccc(-c2ccc(-c3nc(-n4c5ccccc5c5cc(-c6ccc7c8ccccc8n(-c8ccccc8)c7c6)ccc54)nc4ccccc34)c3ccccc23)cc1. The minimum absolute atomic E-state index is 0.651. The molecule has 4 heteroatoms. The summed E-state index contributed by atoms with van der Waals surface area (Å²) >= 11 is 0. The zero-order valence-corrected chi connectivity index (χ0v) is 31.4. The summed E-state index contributed by atoms with van der Waals surface area (Å²) in [6, 6.07) is 73.8. The first-order valence-corrected chi connectivity index (χ1v) is 19.8. The molecule has 0 fully saturated rings. The number of aromatic nitrogens is 4. The number of fused-ring (bicyclic) bond motifs is 8. The van der Waals surface area contributed by atoms with Crippen molar-refractivity contribution in [1.82, 2.24) is 19.1 Å². The molecule has 0 N–H and O–H groups in total. The van der Waals surface area contributed by atoms with Crippen LogP contribution in [0.25, 0.3) is 110 Å². The molecule has 3 heterocycles. The molecule has 0 atom stereocenters. The van der Waals surface area contributed by atoms with Crippen LogP contribution in [0.15, 0.2) is 206 Å². The molecule has 0 aliphatic heterocycles. The number of rotatable bonds is 5. The Bertz CT molecular complexity index is 3560. The Labute approximate surface area is 334 Å². The lowest BCUT2D eigenvalue weighted by atomic mass is 9.93. The fourth-order valence-electron chi connectivity index (χ4n) is 9.12. The van der Waals surface area contributed by atoms with Gasteiger partial charge in [0.05, 0.1) is 33.3 Å². The summed E-state index contributed by atoms with van der Waals surface area (Å²) in [4.78, 5) is 10.8. The highest BCUT2D eigenvalue weighted by Crippen LogP contribution is 2.40. The molecule has 0 saturated heterocycles. The Morgan fingerprint density at radius 2 is 0.828 bits per heavy atom. The van der Waals surface area contributed by atoms with Gasteiger partial charge in [-0.3, -0.25) is 4.57 Å². The van der Waals surface area contributed by atoms with E-state index >= 15 is 0 Å². The third kappa shape index (κ3) is 4.95. The molecule has 270 valence electrons. The Kier molecular flexibility index (Phi) is 7.20. The highest BCUT2D eigenvalue weighted by atomic mass is 15.2.